The number of ether oxygens (including phenoxy) is 3. The summed E-state index contributed by atoms with van der Waals surface area (Å²) in [4.78, 5) is 0. The van der Waals surface area contributed by atoms with E-state index in [-0.39, 0.29) is 11.9 Å². The third kappa shape index (κ3) is 2.28. The first kappa shape index (κ1) is 12.7. The molecule has 1 aromatic rings. The SMILES string of the molecule is Cc1c(OC2COC3(CCC3)OC2)cc[n+](O)c1C. The molecule has 1 saturated carbocycles. The molecule has 2 heterocycles. The predicted octanol–water partition coefficient (Wildman–Crippen LogP) is 1.50. The van der Waals surface area contributed by atoms with Crippen LogP contribution in [0.25, 0.3) is 0 Å². The van der Waals surface area contributed by atoms with Gasteiger partial charge in [0.2, 0.25) is 11.9 Å². The van der Waals surface area contributed by atoms with Crippen molar-refractivity contribution in [3.05, 3.63) is 23.5 Å². The average Bonchev–Trinajstić information content (AvgIpc) is 2.39. The van der Waals surface area contributed by atoms with Gasteiger partial charge in [0.25, 0.3) is 0 Å². The fraction of sp³-hybridized carbons (Fsp3) is 0.643. The fourth-order valence-corrected chi connectivity index (χ4v) is 2.43. The van der Waals surface area contributed by atoms with E-state index in [0.29, 0.717) is 13.2 Å². The summed E-state index contributed by atoms with van der Waals surface area (Å²) in [6, 6.07) is 1.76. The van der Waals surface area contributed by atoms with Gasteiger partial charge in [-0.15, -0.1) is 0 Å². The van der Waals surface area contributed by atoms with Crippen LogP contribution in [-0.4, -0.2) is 30.3 Å². The second kappa shape index (κ2) is 4.65. The van der Waals surface area contributed by atoms with E-state index in [9.17, 15) is 5.21 Å². The van der Waals surface area contributed by atoms with Gasteiger partial charge in [-0.1, -0.05) is 0 Å². The lowest BCUT2D eigenvalue weighted by molar-refractivity contribution is -0.909. The molecule has 5 nitrogen and oxygen atoms in total. The van der Waals surface area contributed by atoms with Crippen molar-refractivity contribution in [2.24, 2.45) is 0 Å². The molecular weight excluding hydrogens is 246 g/mol. The number of hydrogen-bond acceptors (Lipinski definition) is 4. The lowest BCUT2D eigenvalue weighted by atomic mass is 9.90. The minimum Gasteiger partial charge on any atom is -0.485 e. The van der Waals surface area contributed by atoms with Gasteiger partial charge >= 0.3 is 0 Å². The van der Waals surface area contributed by atoms with Gasteiger partial charge < -0.3 is 14.2 Å². The van der Waals surface area contributed by atoms with Crippen LogP contribution in [0.15, 0.2) is 12.3 Å². The summed E-state index contributed by atoms with van der Waals surface area (Å²) in [6.07, 6.45) is 4.66. The predicted molar refractivity (Wildman–Crippen MR) is 66.2 cm³/mol. The van der Waals surface area contributed by atoms with Crippen LogP contribution in [0, 0.1) is 13.8 Å². The Morgan fingerprint density at radius 1 is 1.32 bits per heavy atom. The molecule has 0 atom stereocenters. The molecule has 1 saturated heterocycles. The van der Waals surface area contributed by atoms with E-state index in [4.69, 9.17) is 14.2 Å². The molecule has 0 aromatic carbocycles. The Hall–Kier alpha value is -1.33. The van der Waals surface area contributed by atoms with Crippen molar-refractivity contribution in [3.63, 3.8) is 0 Å². The smallest absolute Gasteiger partial charge is 0.237 e. The van der Waals surface area contributed by atoms with E-state index in [1.165, 1.54) is 6.42 Å². The fourth-order valence-electron chi connectivity index (χ4n) is 2.43. The number of pyridine rings is 1. The van der Waals surface area contributed by atoms with E-state index in [1.807, 2.05) is 13.8 Å². The first-order valence-electron chi connectivity index (χ1n) is 6.75. The average molecular weight is 266 g/mol. The molecule has 0 unspecified atom stereocenters. The summed E-state index contributed by atoms with van der Waals surface area (Å²) < 4.78 is 18.6. The van der Waals surface area contributed by atoms with Crippen molar-refractivity contribution < 1.29 is 24.1 Å². The van der Waals surface area contributed by atoms with Crippen LogP contribution in [-0.2, 0) is 9.47 Å². The lowest BCUT2D eigenvalue weighted by Crippen LogP contribution is -2.52. The van der Waals surface area contributed by atoms with Crippen molar-refractivity contribution in [2.75, 3.05) is 13.2 Å². The standard InChI is InChI=1S/C14H20NO4/c1-10-11(2)15(16)7-4-13(10)19-12-8-17-14(18-9-12)5-3-6-14/h4,7,12,16H,3,5-6,8-9H2,1-2H3/q+1. The van der Waals surface area contributed by atoms with Gasteiger partial charge in [-0.2, -0.15) is 0 Å². The Bertz CT molecular complexity index is 475. The Kier molecular flexibility index (Phi) is 3.11. The second-order valence-electron chi connectivity index (χ2n) is 5.36. The van der Waals surface area contributed by atoms with Crippen LogP contribution < -0.4 is 9.47 Å². The van der Waals surface area contributed by atoms with Gasteiger partial charge in [0.05, 0.1) is 18.8 Å². The molecular formula is C14H20NO4+. The molecule has 2 fully saturated rings. The van der Waals surface area contributed by atoms with Crippen LogP contribution in [0.1, 0.15) is 30.5 Å². The Labute approximate surface area is 112 Å². The van der Waals surface area contributed by atoms with E-state index < -0.39 is 0 Å². The maximum atomic E-state index is 9.55. The molecule has 19 heavy (non-hydrogen) atoms. The van der Waals surface area contributed by atoms with Gasteiger partial charge in [0, 0.05) is 30.6 Å². The summed E-state index contributed by atoms with van der Waals surface area (Å²) in [5.74, 6) is 0.458. The molecule has 1 aromatic heterocycles. The van der Waals surface area contributed by atoms with Crippen LogP contribution in [0.2, 0.25) is 0 Å². The highest BCUT2D eigenvalue weighted by Crippen LogP contribution is 2.39. The maximum Gasteiger partial charge on any atom is 0.237 e. The van der Waals surface area contributed by atoms with Crippen molar-refractivity contribution in [2.45, 2.75) is 45.0 Å². The highest BCUT2D eigenvalue weighted by atomic mass is 16.7. The zero-order valence-corrected chi connectivity index (χ0v) is 11.4. The zero-order chi connectivity index (χ0) is 13.5. The molecule has 104 valence electrons. The molecule has 1 spiro atoms. The van der Waals surface area contributed by atoms with E-state index in [0.717, 1.165) is 34.6 Å². The van der Waals surface area contributed by atoms with Crippen LogP contribution in [0.4, 0.5) is 0 Å². The monoisotopic (exact) mass is 266 g/mol. The van der Waals surface area contributed by atoms with Crippen molar-refractivity contribution >= 4 is 0 Å². The van der Waals surface area contributed by atoms with E-state index in [1.54, 1.807) is 12.3 Å². The third-order valence-electron chi connectivity index (χ3n) is 4.10. The summed E-state index contributed by atoms with van der Waals surface area (Å²) in [6.45, 7) is 4.90. The molecule has 1 aliphatic heterocycles. The van der Waals surface area contributed by atoms with Crippen LogP contribution in [0.3, 0.4) is 0 Å². The second-order valence-corrected chi connectivity index (χ2v) is 5.36. The highest BCUT2D eigenvalue weighted by molar-refractivity contribution is 5.31. The highest BCUT2D eigenvalue weighted by Gasteiger charge is 2.43. The number of aromatic nitrogens is 1. The van der Waals surface area contributed by atoms with Crippen LogP contribution >= 0.6 is 0 Å². The van der Waals surface area contributed by atoms with Gasteiger partial charge in [-0.05, 0) is 13.3 Å². The zero-order valence-electron chi connectivity index (χ0n) is 11.4. The van der Waals surface area contributed by atoms with Gasteiger partial charge in [0.15, 0.2) is 5.79 Å². The minimum absolute atomic E-state index is 0.0844. The summed E-state index contributed by atoms with van der Waals surface area (Å²) in [5.41, 5.74) is 1.69. The quantitative estimate of drug-likeness (QED) is 0.651. The molecule has 0 radical (unpaired) electrons. The molecule has 1 N–H and O–H groups in total. The number of rotatable bonds is 2. The number of nitrogens with zero attached hydrogens (tertiary/aromatic N) is 1. The molecule has 0 amide bonds. The van der Waals surface area contributed by atoms with E-state index >= 15 is 0 Å². The first-order chi connectivity index (χ1) is 9.10. The maximum absolute atomic E-state index is 9.55. The molecule has 3 rings (SSSR count). The lowest BCUT2D eigenvalue weighted by Gasteiger charge is -2.45. The van der Waals surface area contributed by atoms with Crippen molar-refractivity contribution in [3.8, 4) is 5.75 Å². The Balaban J connectivity index is 1.65. The summed E-state index contributed by atoms with van der Waals surface area (Å²) in [7, 11) is 0. The number of hydrogen-bond donors (Lipinski definition) is 1. The third-order valence-corrected chi connectivity index (χ3v) is 4.10. The molecule has 5 heteroatoms. The largest absolute Gasteiger partial charge is 0.485 e. The molecule has 0 bridgehead atoms. The van der Waals surface area contributed by atoms with Crippen molar-refractivity contribution in [1.82, 2.24) is 0 Å². The topological polar surface area (TPSA) is 51.8 Å². The summed E-state index contributed by atoms with van der Waals surface area (Å²) >= 11 is 0. The first-order valence-corrected chi connectivity index (χ1v) is 6.75. The van der Waals surface area contributed by atoms with Gasteiger partial charge in [-0.3, -0.25) is 5.21 Å². The van der Waals surface area contributed by atoms with E-state index in [2.05, 4.69) is 0 Å². The van der Waals surface area contributed by atoms with Gasteiger partial charge in [-0.25, -0.2) is 0 Å². The van der Waals surface area contributed by atoms with Crippen molar-refractivity contribution in [1.29, 1.82) is 0 Å². The Morgan fingerprint density at radius 3 is 2.58 bits per heavy atom. The molecule has 2 aliphatic rings. The van der Waals surface area contributed by atoms with Gasteiger partial charge in [0.1, 0.15) is 11.9 Å². The minimum atomic E-state index is -0.310. The normalized spacial score (nSPS) is 22.2. The Morgan fingerprint density at radius 2 is 2.00 bits per heavy atom. The molecule has 1 aliphatic carbocycles. The van der Waals surface area contributed by atoms with Crippen LogP contribution in [0.5, 0.6) is 5.75 Å². The summed E-state index contributed by atoms with van der Waals surface area (Å²) in [5, 5.41) is 9.55.